The van der Waals surface area contributed by atoms with Gasteiger partial charge in [-0.25, -0.2) is 12.8 Å². The smallest absolute Gasteiger partial charge is 0.253 e. The molecule has 0 heterocycles. The molecular weight excluding hydrogens is 415 g/mol. The SMILES string of the molecule is CCN(Cc1ccc(C(=O)N(C)Cc2ccccc2F)cc1)S(=O)(=O)c1ccccc1. The molecule has 0 aliphatic carbocycles. The van der Waals surface area contributed by atoms with E-state index in [0.717, 1.165) is 5.56 Å². The van der Waals surface area contributed by atoms with Crippen molar-refractivity contribution in [2.24, 2.45) is 0 Å². The molecule has 162 valence electrons. The summed E-state index contributed by atoms with van der Waals surface area (Å²) >= 11 is 0. The monoisotopic (exact) mass is 440 g/mol. The van der Waals surface area contributed by atoms with Crippen molar-refractivity contribution in [3.8, 4) is 0 Å². The number of nitrogens with zero attached hydrogens (tertiary/aromatic N) is 2. The number of carbonyl (C=O) groups is 1. The Hall–Kier alpha value is -3.03. The summed E-state index contributed by atoms with van der Waals surface area (Å²) in [5.41, 5.74) is 1.67. The Morgan fingerprint density at radius 2 is 1.48 bits per heavy atom. The van der Waals surface area contributed by atoms with Crippen molar-refractivity contribution >= 4 is 15.9 Å². The normalized spacial score (nSPS) is 11.5. The highest BCUT2D eigenvalue weighted by atomic mass is 32.2. The van der Waals surface area contributed by atoms with Gasteiger partial charge in [-0.05, 0) is 35.9 Å². The number of hydrogen-bond acceptors (Lipinski definition) is 3. The molecule has 0 aliphatic rings. The average Bonchev–Trinajstić information content (AvgIpc) is 2.79. The first-order valence-corrected chi connectivity index (χ1v) is 11.4. The topological polar surface area (TPSA) is 57.7 Å². The van der Waals surface area contributed by atoms with E-state index in [0.29, 0.717) is 17.7 Å². The van der Waals surface area contributed by atoms with Crippen LogP contribution in [0.25, 0.3) is 0 Å². The molecule has 0 aromatic heterocycles. The molecule has 5 nitrogen and oxygen atoms in total. The van der Waals surface area contributed by atoms with Crippen LogP contribution in [0, 0.1) is 5.82 Å². The standard InChI is InChI=1S/C24H25FN2O3S/c1-3-27(31(29,30)22-10-5-4-6-11-22)17-19-13-15-20(16-14-19)24(28)26(2)18-21-9-7-8-12-23(21)25/h4-16H,3,17-18H2,1-2H3. The second-order valence-corrected chi connectivity index (χ2v) is 9.13. The zero-order valence-electron chi connectivity index (χ0n) is 17.5. The molecule has 7 heteroatoms. The van der Waals surface area contributed by atoms with Crippen molar-refractivity contribution in [1.82, 2.24) is 9.21 Å². The molecule has 1 amide bonds. The van der Waals surface area contributed by atoms with E-state index in [2.05, 4.69) is 0 Å². The number of carbonyl (C=O) groups excluding carboxylic acids is 1. The second kappa shape index (κ2) is 9.85. The Labute approximate surface area is 182 Å². The molecule has 0 unspecified atom stereocenters. The fraction of sp³-hybridized carbons (Fsp3) is 0.208. The minimum absolute atomic E-state index is 0.159. The second-order valence-electron chi connectivity index (χ2n) is 7.19. The lowest BCUT2D eigenvalue weighted by Gasteiger charge is -2.21. The summed E-state index contributed by atoms with van der Waals surface area (Å²) < 4.78 is 41.0. The van der Waals surface area contributed by atoms with Gasteiger partial charge in [0, 0.05) is 37.8 Å². The largest absolute Gasteiger partial charge is 0.337 e. The number of amides is 1. The molecule has 0 bridgehead atoms. The number of hydrogen-bond donors (Lipinski definition) is 0. The van der Waals surface area contributed by atoms with Crippen LogP contribution in [0.2, 0.25) is 0 Å². The number of rotatable bonds is 8. The van der Waals surface area contributed by atoms with E-state index >= 15 is 0 Å². The molecular formula is C24H25FN2O3S. The van der Waals surface area contributed by atoms with Gasteiger partial charge in [0.05, 0.1) is 4.90 Å². The van der Waals surface area contributed by atoms with Crippen molar-refractivity contribution in [1.29, 1.82) is 0 Å². The lowest BCUT2D eigenvalue weighted by Crippen LogP contribution is -2.30. The molecule has 31 heavy (non-hydrogen) atoms. The van der Waals surface area contributed by atoms with Gasteiger partial charge >= 0.3 is 0 Å². The van der Waals surface area contributed by atoms with Crippen molar-refractivity contribution in [2.45, 2.75) is 24.9 Å². The minimum Gasteiger partial charge on any atom is -0.337 e. The maximum atomic E-state index is 13.9. The van der Waals surface area contributed by atoms with E-state index in [1.54, 1.807) is 86.8 Å². The van der Waals surface area contributed by atoms with Gasteiger partial charge in [-0.2, -0.15) is 4.31 Å². The van der Waals surface area contributed by atoms with Crippen molar-refractivity contribution in [3.05, 3.63) is 101 Å². The Bertz CT molecular complexity index is 1130. The molecule has 0 aliphatic heterocycles. The first-order valence-electron chi connectivity index (χ1n) is 9.96. The third-order valence-corrected chi connectivity index (χ3v) is 6.94. The van der Waals surface area contributed by atoms with Gasteiger partial charge in [0.2, 0.25) is 10.0 Å². The van der Waals surface area contributed by atoms with Crippen LogP contribution in [0.1, 0.15) is 28.4 Å². The molecule has 0 saturated carbocycles. The predicted molar refractivity (Wildman–Crippen MR) is 118 cm³/mol. The van der Waals surface area contributed by atoms with Gasteiger partial charge < -0.3 is 4.90 Å². The number of benzene rings is 3. The van der Waals surface area contributed by atoms with E-state index in [4.69, 9.17) is 0 Å². The van der Waals surface area contributed by atoms with E-state index in [1.807, 2.05) is 0 Å². The summed E-state index contributed by atoms with van der Waals surface area (Å²) in [5.74, 6) is -0.587. The molecule has 0 N–H and O–H groups in total. The Balaban J connectivity index is 1.70. The summed E-state index contributed by atoms with van der Waals surface area (Å²) in [6, 6.07) is 21.5. The summed E-state index contributed by atoms with van der Waals surface area (Å²) in [5, 5.41) is 0. The zero-order valence-corrected chi connectivity index (χ0v) is 18.3. The van der Waals surface area contributed by atoms with Crippen molar-refractivity contribution < 1.29 is 17.6 Å². The van der Waals surface area contributed by atoms with Gasteiger partial charge in [-0.3, -0.25) is 4.79 Å². The molecule has 3 aromatic rings. The van der Waals surface area contributed by atoms with Gasteiger partial charge in [-0.15, -0.1) is 0 Å². The quantitative estimate of drug-likeness (QED) is 0.525. The van der Waals surface area contributed by atoms with Crippen LogP contribution >= 0.6 is 0 Å². The third-order valence-electron chi connectivity index (χ3n) is 5.01. The summed E-state index contributed by atoms with van der Waals surface area (Å²) in [4.78, 5) is 14.4. The first-order chi connectivity index (χ1) is 14.8. The lowest BCUT2D eigenvalue weighted by molar-refractivity contribution is 0.0784. The van der Waals surface area contributed by atoms with Crippen LogP contribution in [-0.2, 0) is 23.1 Å². The highest BCUT2D eigenvalue weighted by Crippen LogP contribution is 2.19. The maximum Gasteiger partial charge on any atom is 0.253 e. The molecule has 3 rings (SSSR count). The summed E-state index contributed by atoms with van der Waals surface area (Å²) in [6.45, 7) is 2.47. The molecule has 3 aromatic carbocycles. The maximum absolute atomic E-state index is 13.9. The first kappa shape index (κ1) is 22.7. The van der Waals surface area contributed by atoms with Crippen LogP contribution < -0.4 is 0 Å². The molecule has 0 spiro atoms. The van der Waals surface area contributed by atoms with E-state index < -0.39 is 10.0 Å². The molecule has 0 atom stereocenters. The number of sulfonamides is 1. The average molecular weight is 441 g/mol. The Kier molecular flexibility index (Phi) is 7.20. The van der Waals surface area contributed by atoms with Crippen LogP contribution in [0.5, 0.6) is 0 Å². The fourth-order valence-corrected chi connectivity index (χ4v) is 4.70. The van der Waals surface area contributed by atoms with Crippen molar-refractivity contribution in [3.63, 3.8) is 0 Å². The van der Waals surface area contributed by atoms with Gasteiger partial charge in [0.25, 0.3) is 5.91 Å². The van der Waals surface area contributed by atoms with Gasteiger partial charge in [0.15, 0.2) is 0 Å². The Morgan fingerprint density at radius 3 is 2.10 bits per heavy atom. The summed E-state index contributed by atoms with van der Waals surface area (Å²) in [7, 11) is -1.99. The van der Waals surface area contributed by atoms with Crippen LogP contribution in [-0.4, -0.2) is 37.1 Å². The molecule has 0 saturated heterocycles. The summed E-state index contributed by atoms with van der Waals surface area (Å²) in [6.07, 6.45) is 0. The molecule has 0 fully saturated rings. The van der Waals surface area contributed by atoms with E-state index in [1.165, 1.54) is 15.3 Å². The van der Waals surface area contributed by atoms with E-state index in [-0.39, 0.29) is 29.7 Å². The number of halogens is 1. The van der Waals surface area contributed by atoms with Crippen molar-refractivity contribution in [2.75, 3.05) is 13.6 Å². The van der Waals surface area contributed by atoms with Gasteiger partial charge in [0.1, 0.15) is 5.82 Å². The van der Waals surface area contributed by atoms with Crippen LogP contribution in [0.4, 0.5) is 4.39 Å². The van der Waals surface area contributed by atoms with Crippen LogP contribution in [0.3, 0.4) is 0 Å². The highest BCUT2D eigenvalue weighted by molar-refractivity contribution is 7.89. The van der Waals surface area contributed by atoms with Crippen LogP contribution in [0.15, 0.2) is 83.8 Å². The predicted octanol–water partition coefficient (Wildman–Crippen LogP) is 4.31. The fourth-order valence-electron chi connectivity index (χ4n) is 3.24. The third kappa shape index (κ3) is 5.37. The van der Waals surface area contributed by atoms with E-state index in [9.17, 15) is 17.6 Å². The Morgan fingerprint density at radius 1 is 0.871 bits per heavy atom. The highest BCUT2D eigenvalue weighted by Gasteiger charge is 2.23. The minimum atomic E-state index is -3.61. The molecule has 0 radical (unpaired) electrons. The zero-order chi connectivity index (χ0) is 22.4. The lowest BCUT2D eigenvalue weighted by atomic mass is 10.1. The van der Waals surface area contributed by atoms with Gasteiger partial charge in [-0.1, -0.05) is 55.5 Å².